The van der Waals surface area contributed by atoms with Crippen LogP contribution in [0.4, 0.5) is 19.0 Å². The molecule has 0 bridgehead atoms. The number of carbonyl (C=O) groups excluding carboxylic acids is 1. The highest BCUT2D eigenvalue weighted by Gasteiger charge is 2.35. The lowest BCUT2D eigenvalue weighted by molar-refractivity contribution is -0.137. The number of fused-ring (bicyclic) bond motifs is 1. The summed E-state index contributed by atoms with van der Waals surface area (Å²) in [6.45, 7) is 1.47. The van der Waals surface area contributed by atoms with Gasteiger partial charge < -0.3 is 15.7 Å². The molecule has 8 nitrogen and oxygen atoms in total. The van der Waals surface area contributed by atoms with E-state index in [1.54, 1.807) is 6.07 Å². The van der Waals surface area contributed by atoms with E-state index in [1.807, 2.05) is 6.07 Å². The van der Waals surface area contributed by atoms with E-state index < -0.39 is 11.7 Å². The summed E-state index contributed by atoms with van der Waals surface area (Å²) < 4.78 is 39.3. The molecular formula is C25H27F3N6O2. The van der Waals surface area contributed by atoms with Crippen LogP contribution in [0.5, 0.6) is 5.75 Å². The van der Waals surface area contributed by atoms with Crippen LogP contribution in [0.2, 0.25) is 0 Å². The summed E-state index contributed by atoms with van der Waals surface area (Å²) >= 11 is 0. The van der Waals surface area contributed by atoms with Crippen molar-refractivity contribution in [2.75, 3.05) is 25.0 Å². The van der Waals surface area contributed by atoms with E-state index in [-0.39, 0.29) is 35.4 Å². The molecule has 1 amide bonds. The number of halogens is 3. The quantitative estimate of drug-likeness (QED) is 0.474. The predicted molar refractivity (Wildman–Crippen MR) is 127 cm³/mol. The van der Waals surface area contributed by atoms with Gasteiger partial charge in [0.25, 0.3) is 0 Å². The largest absolute Gasteiger partial charge is 0.506 e. The molecule has 1 aliphatic heterocycles. The van der Waals surface area contributed by atoms with Crippen molar-refractivity contribution < 1.29 is 23.1 Å². The number of pyridine rings is 1. The summed E-state index contributed by atoms with van der Waals surface area (Å²) in [6.07, 6.45) is 2.49. The molecule has 36 heavy (non-hydrogen) atoms. The zero-order valence-corrected chi connectivity index (χ0v) is 19.5. The molecule has 1 saturated heterocycles. The number of rotatable bonds is 6. The molecule has 0 atom stereocenters. The van der Waals surface area contributed by atoms with E-state index in [1.165, 1.54) is 18.6 Å². The van der Waals surface area contributed by atoms with E-state index in [0.717, 1.165) is 56.6 Å². The Balaban J connectivity index is 1.08. The summed E-state index contributed by atoms with van der Waals surface area (Å²) in [6, 6.07) is 7.37. The molecule has 2 aliphatic rings. The number of likely N-dealkylation sites (tertiary alicyclic amines) is 1. The average molecular weight is 501 g/mol. The van der Waals surface area contributed by atoms with Gasteiger partial charge in [-0.25, -0.2) is 9.97 Å². The van der Waals surface area contributed by atoms with Crippen molar-refractivity contribution in [3.05, 3.63) is 54.1 Å². The number of anilines is 1. The summed E-state index contributed by atoms with van der Waals surface area (Å²) in [5.74, 6) is 0.545. The highest BCUT2D eigenvalue weighted by molar-refractivity contribution is 5.91. The lowest BCUT2D eigenvalue weighted by Crippen LogP contribution is -2.63. The van der Waals surface area contributed by atoms with Crippen molar-refractivity contribution in [1.29, 1.82) is 0 Å². The molecule has 11 heteroatoms. The van der Waals surface area contributed by atoms with Gasteiger partial charge in [-0.05, 0) is 56.0 Å². The van der Waals surface area contributed by atoms with Crippen LogP contribution in [0.15, 0.2) is 42.9 Å². The number of aromatic hydroxyl groups is 1. The van der Waals surface area contributed by atoms with Gasteiger partial charge in [-0.2, -0.15) is 13.2 Å². The third kappa shape index (κ3) is 5.35. The maximum atomic E-state index is 13.1. The smallest absolute Gasteiger partial charge is 0.416 e. The first-order chi connectivity index (χ1) is 17.3. The van der Waals surface area contributed by atoms with Gasteiger partial charge in [0.15, 0.2) is 0 Å². The Labute approximate surface area is 206 Å². The fraction of sp³-hybridized carbons (Fsp3) is 0.440. The molecule has 1 aliphatic carbocycles. The van der Waals surface area contributed by atoms with Crippen LogP contribution in [0.1, 0.15) is 42.9 Å². The normalized spacial score (nSPS) is 21.2. The maximum absolute atomic E-state index is 13.1. The number of nitrogens with zero attached hydrogens (tertiary/aromatic N) is 4. The van der Waals surface area contributed by atoms with Crippen LogP contribution in [-0.4, -0.2) is 62.6 Å². The monoisotopic (exact) mass is 500 g/mol. The second-order valence-corrected chi connectivity index (χ2v) is 9.47. The van der Waals surface area contributed by atoms with Gasteiger partial charge in [0, 0.05) is 36.1 Å². The number of carbonyl (C=O) groups is 1. The van der Waals surface area contributed by atoms with Gasteiger partial charge in [-0.1, -0.05) is 0 Å². The van der Waals surface area contributed by atoms with Crippen molar-refractivity contribution in [2.24, 2.45) is 0 Å². The minimum Gasteiger partial charge on any atom is -0.506 e. The molecule has 0 unspecified atom stereocenters. The minimum atomic E-state index is -4.48. The fourth-order valence-electron chi connectivity index (χ4n) is 5.09. The highest BCUT2D eigenvalue weighted by Crippen LogP contribution is 2.36. The summed E-state index contributed by atoms with van der Waals surface area (Å²) in [5.41, 5.74) is 0.602. The highest BCUT2D eigenvalue weighted by atomic mass is 19.4. The number of alkyl halides is 3. The molecule has 0 spiro atoms. The SMILES string of the molecule is O=C(CNc1ncnc2ccc(C(F)(F)F)cc12)NC1CN(C2CCC(c3ccc(O)cn3)CC2)C1. The Hall–Kier alpha value is -3.47. The Morgan fingerprint density at radius 1 is 1.06 bits per heavy atom. The number of hydrogen-bond donors (Lipinski definition) is 3. The zero-order chi connectivity index (χ0) is 25.3. The van der Waals surface area contributed by atoms with Crippen LogP contribution < -0.4 is 10.6 Å². The number of nitrogens with one attached hydrogen (secondary N) is 2. The third-order valence-electron chi connectivity index (χ3n) is 7.06. The lowest BCUT2D eigenvalue weighted by atomic mass is 9.82. The molecule has 2 aromatic heterocycles. The first-order valence-corrected chi connectivity index (χ1v) is 12.0. The molecule has 2 fully saturated rings. The minimum absolute atomic E-state index is 0.0507. The van der Waals surface area contributed by atoms with E-state index in [0.29, 0.717) is 17.5 Å². The van der Waals surface area contributed by atoms with E-state index in [9.17, 15) is 23.1 Å². The molecular weight excluding hydrogens is 473 g/mol. The van der Waals surface area contributed by atoms with Gasteiger partial charge >= 0.3 is 6.18 Å². The van der Waals surface area contributed by atoms with Gasteiger partial charge in [-0.15, -0.1) is 0 Å². The first kappa shape index (κ1) is 24.2. The van der Waals surface area contributed by atoms with Crippen molar-refractivity contribution in [2.45, 2.75) is 49.9 Å². The second kappa shape index (κ2) is 9.88. The van der Waals surface area contributed by atoms with Crippen molar-refractivity contribution >= 4 is 22.6 Å². The van der Waals surface area contributed by atoms with Crippen molar-refractivity contribution in [1.82, 2.24) is 25.2 Å². The number of hydrogen-bond acceptors (Lipinski definition) is 7. The molecule has 5 rings (SSSR count). The van der Waals surface area contributed by atoms with Gasteiger partial charge in [0.05, 0.1) is 29.9 Å². The molecule has 3 N–H and O–H groups in total. The Kier molecular flexibility index (Phi) is 6.65. The maximum Gasteiger partial charge on any atom is 0.416 e. The third-order valence-corrected chi connectivity index (χ3v) is 7.06. The van der Waals surface area contributed by atoms with Gasteiger partial charge in [0.2, 0.25) is 5.91 Å². The van der Waals surface area contributed by atoms with Crippen molar-refractivity contribution in [3.8, 4) is 5.75 Å². The predicted octanol–water partition coefficient (Wildman–Crippen LogP) is 3.69. The molecule has 190 valence electrons. The number of amides is 1. The van der Waals surface area contributed by atoms with E-state index in [4.69, 9.17) is 0 Å². The molecule has 1 aromatic carbocycles. The summed E-state index contributed by atoms with van der Waals surface area (Å²) in [5, 5.41) is 15.5. The molecule has 3 aromatic rings. The van der Waals surface area contributed by atoms with Crippen molar-refractivity contribution in [3.63, 3.8) is 0 Å². The summed E-state index contributed by atoms with van der Waals surface area (Å²) in [4.78, 5) is 27.2. The Bertz CT molecular complexity index is 1220. The standard InChI is InChI=1S/C25H27F3N6O2/c26-25(27,28)16-3-7-22-20(9-16)24(32-14-31-22)30-11-23(36)33-17-12-34(13-17)18-4-1-15(2-5-18)21-8-6-19(35)10-29-21/h3,6-10,14-15,17-18,35H,1-2,4-5,11-13H2,(H,33,36)(H,30,31,32). The van der Waals surface area contributed by atoms with Crippen LogP contribution >= 0.6 is 0 Å². The van der Waals surface area contributed by atoms with Crippen LogP contribution in [0, 0.1) is 0 Å². The van der Waals surface area contributed by atoms with Crippen LogP contribution in [-0.2, 0) is 11.0 Å². The second-order valence-electron chi connectivity index (χ2n) is 9.47. The van der Waals surface area contributed by atoms with Gasteiger partial charge in [0.1, 0.15) is 17.9 Å². The fourth-order valence-corrected chi connectivity index (χ4v) is 5.09. The van der Waals surface area contributed by atoms with Crippen LogP contribution in [0.3, 0.4) is 0 Å². The summed E-state index contributed by atoms with van der Waals surface area (Å²) in [7, 11) is 0. The topological polar surface area (TPSA) is 103 Å². The number of aromatic nitrogens is 3. The Morgan fingerprint density at radius 2 is 1.83 bits per heavy atom. The average Bonchev–Trinajstić information content (AvgIpc) is 2.84. The first-order valence-electron chi connectivity index (χ1n) is 12.0. The van der Waals surface area contributed by atoms with E-state index in [2.05, 4.69) is 30.5 Å². The molecule has 3 heterocycles. The molecule has 1 saturated carbocycles. The van der Waals surface area contributed by atoms with Gasteiger partial charge in [-0.3, -0.25) is 14.7 Å². The Morgan fingerprint density at radius 3 is 2.53 bits per heavy atom. The van der Waals surface area contributed by atoms with E-state index >= 15 is 0 Å². The van der Waals surface area contributed by atoms with Crippen LogP contribution in [0.25, 0.3) is 10.9 Å². The zero-order valence-electron chi connectivity index (χ0n) is 19.5. The number of benzene rings is 1. The molecule has 0 radical (unpaired) electrons. The lowest BCUT2D eigenvalue weighted by Gasteiger charge is -2.46.